The number of rotatable bonds is 4. The molecule has 0 unspecified atom stereocenters. The molecule has 0 aromatic heterocycles. The van der Waals surface area contributed by atoms with Gasteiger partial charge in [-0.25, -0.2) is 4.79 Å². The zero-order valence-electron chi connectivity index (χ0n) is 8.92. The average molecular weight is 230 g/mol. The number of benzene rings is 1. The lowest BCUT2D eigenvalue weighted by Crippen LogP contribution is -2.25. The molecule has 0 bridgehead atoms. The van der Waals surface area contributed by atoms with Crippen LogP contribution in [0.1, 0.15) is 10.4 Å². The van der Waals surface area contributed by atoms with Gasteiger partial charge in [0.2, 0.25) is 0 Å². The highest BCUT2D eigenvalue weighted by molar-refractivity contribution is 5.95. The summed E-state index contributed by atoms with van der Waals surface area (Å²) < 4.78 is 0. The fraction of sp³-hybridized carbons (Fsp3) is 0.182. The van der Waals surface area contributed by atoms with E-state index in [4.69, 9.17) is 21.4 Å². The maximum Gasteiger partial charge on any atom is 0.337 e. The number of hydrogen-bond acceptors (Lipinski definition) is 5. The molecule has 0 heterocycles. The smallest absolute Gasteiger partial charge is 0.337 e. The molecule has 1 aromatic rings. The van der Waals surface area contributed by atoms with Crippen molar-refractivity contribution < 1.29 is 9.90 Å². The zero-order valence-corrected chi connectivity index (χ0v) is 8.92. The van der Waals surface area contributed by atoms with Gasteiger partial charge in [-0.2, -0.15) is 10.5 Å². The highest BCUT2D eigenvalue weighted by atomic mass is 16.4. The van der Waals surface area contributed by atoms with Gasteiger partial charge in [0, 0.05) is 5.69 Å². The van der Waals surface area contributed by atoms with Gasteiger partial charge in [-0.05, 0) is 18.2 Å². The molecule has 1 aromatic carbocycles. The van der Waals surface area contributed by atoms with E-state index >= 15 is 0 Å². The molecular formula is C11H10N4O2. The number of nitrogen functional groups attached to an aromatic ring is 1. The summed E-state index contributed by atoms with van der Waals surface area (Å²) in [5, 5.41) is 26.3. The zero-order chi connectivity index (χ0) is 12.8. The van der Waals surface area contributed by atoms with Crippen LogP contribution in [-0.4, -0.2) is 24.2 Å². The fourth-order valence-corrected chi connectivity index (χ4v) is 1.40. The molecule has 0 aliphatic carbocycles. The van der Waals surface area contributed by atoms with Crippen molar-refractivity contribution in [2.45, 2.75) is 0 Å². The van der Waals surface area contributed by atoms with Crippen LogP contribution in [-0.2, 0) is 0 Å². The SMILES string of the molecule is N#CCN(CC#N)c1ccc(N)cc1C(=O)O. The number of nitriles is 2. The Balaban J connectivity index is 3.23. The summed E-state index contributed by atoms with van der Waals surface area (Å²) in [7, 11) is 0. The lowest BCUT2D eigenvalue weighted by molar-refractivity contribution is 0.0697. The number of anilines is 2. The van der Waals surface area contributed by atoms with E-state index in [2.05, 4.69) is 0 Å². The van der Waals surface area contributed by atoms with E-state index in [0.717, 1.165) is 0 Å². The molecule has 0 fully saturated rings. The van der Waals surface area contributed by atoms with E-state index in [9.17, 15) is 4.79 Å². The molecule has 0 aliphatic rings. The minimum absolute atomic E-state index is 0.0181. The third-order valence-corrected chi connectivity index (χ3v) is 2.11. The summed E-state index contributed by atoms with van der Waals surface area (Å²) in [4.78, 5) is 12.4. The summed E-state index contributed by atoms with van der Waals surface area (Å²) in [5.41, 5.74) is 6.12. The van der Waals surface area contributed by atoms with Crippen LogP contribution in [0, 0.1) is 22.7 Å². The number of aromatic carboxylic acids is 1. The Morgan fingerprint density at radius 2 is 1.94 bits per heavy atom. The normalized spacial score (nSPS) is 9.06. The Bertz CT molecular complexity index is 497. The highest BCUT2D eigenvalue weighted by Gasteiger charge is 2.15. The lowest BCUT2D eigenvalue weighted by atomic mass is 10.1. The average Bonchev–Trinajstić information content (AvgIpc) is 2.28. The predicted octanol–water partition coefficient (Wildman–Crippen LogP) is 0.821. The van der Waals surface area contributed by atoms with Gasteiger partial charge < -0.3 is 15.7 Å². The molecule has 0 spiro atoms. The third kappa shape index (κ3) is 2.86. The van der Waals surface area contributed by atoms with Crippen LogP contribution in [0.4, 0.5) is 11.4 Å². The van der Waals surface area contributed by atoms with Gasteiger partial charge in [0.15, 0.2) is 0 Å². The summed E-state index contributed by atoms with van der Waals surface area (Å²) >= 11 is 0. The summed E-state index contributed by atoms with van der Waals surface area (Å²) in [5.74, 6) is -1.15. The Hall–Kier alpha value is -2.73. The second-order valence-electron chi connectivity index (χ2n) is 3.25. The Morgan fingerprint density at radius 3 is 2.41 bits per heavy atom. The largest absolute Gasteiger partial charge is 0.478 e. The first-order chi connectivity index (χ1) is 8.10. The van der Waals surface area contributed by atoms with E-state index in [1.54, 1.807) is 0 Å². The van der Waals surface area contributed by atoms with Gasteiger partial charge in [-0.1, -0.05) is 0 Å². The van der Waals surface area contributed by atoms with Crippen molar-refractivity contribution >= 4 is 17.3 Å². The molecule has 86 valence electrons. The van der Waals surface area contributed by atoms with Crippen molar-refractivity contribution in [1.82, 2.24) is 0 Å². The Labute approximate surface area is 98.1 Å². The number of carboxylic acids is 1. The molecule has 0 amide bonds. The molecule has 0 saturated carbocycles. The number of nitrogens with two attached hydrogens (primary N) is 1. The van der Waals surface area contributed by atoms with Gasteiger partial charge in [0.25, 0.3) is 0 Å². The van der Waals surface area contributed by atoms with Gasteiger partial charge in [0.1, 0.15) is 13.1 Å². The molecule has 0 saturated heterocycles. The molecule has 0 atom stereocenters. The standard InChI is InChI=1S/C11H10N4O2/c12-3-5-15(6-4-13)10-2-1-8(14)7-9(10)11(16)17/h1-2,7H,5-6,14H2,(H,16,17). The third-order valence-electron chi connectivity index (χ3n) is 2.11. The van der Waals surface area contributed by atoms with Crippen LogP contribution < -0.4 is 10.6 Å². The van der Waals surface area contributed by atoms with Crippen molar-refractivity contribution in [3.63, 3.8) is 0 Å². The predicted molar refractivity (Wildman–Crippen MR) is 61.3 cm³/mol. The van der Waals surface area contributed by atoms with Crippen LogP contribution in [0.5, 0.6) is 0 Å². The van der Waals surface area contributed by atoms with Crippen molar-refractivity contribution in [2.24, 2.45) is 0 Å². The Morgan fingerprint density at radius 1 is 1.35 bits per heavy atom. The molecular weight excluding hydrogens is 220 g/mol. The van der Waals surface area contributed by atoms with E-state index in [-0.39, 0.29) is 18.7 Å². The van der Waals surface area contributed by atoms with E-state index in [1.165, 1.54) is 23.1 Å². The topological polar surface area (TPSA) is 114 Å². The number of nitrogens with zero attached hydrogens (tertiary/aromatic N) is 3. The lowest BCUT2D eigenvalue weighted by Gasteiger charge is -2.20. The maximum atomic E-state index is 11.0. The maximum absolute atomic E-state index is 11.0. The number of hydrogen-bond donors (Lipinski definition) is 2. The van der Waals surface area contributed by atoms with E-state index in [1.807, 2.05) is 12.1 Å². The summed E-state index contributed by atoms with van der Waals surface area (Å²) in [6.07, 6.45) is 0. The van der Waals surface area contributed by atoms with Crippen LogP contribution in [0.2, 0.25) is 0 Å². The van der Waals surface area contributed by atoms with Crippen molar-refractivity contribution in [3.8, 4) is 12.1 Å². The highest BCUT2D eigenvalue weighted by Crippen LogP contribution is 2.22. The molecule has 0 radical (unpaired) electrons. The molecule has 0 aliphatic heterocycles. The first-order valence-corrected chi connectivity index (χ1v) is 4.71. The molecule has 6 nitrogen and oxygen atoms in total. The quantitative estimate of drug-likeness (QED) is 0.584. The molecule has 6 heteroatoms. The Kier molecular flexibility index (Phi) is 3.91. The van der Waals surface area contributed by atoms with Crippen molar-refractivity contribution in [2.75, 3.05) is 23.7 Å². The second kappa shape index (κ2) is 5.38. The van der Waals surface area contributed by atoms with Crippen LogP contribution in [0.25, 0.3) is 0 Å². The van der Waals surface area contributed by atoms with Crippen molar-refractivity contribution in [3.05, 3.63) is 23.8 Å². The molecule has 3 N–H and O–H groups in total. The van der Waals surface area contributed by atoms with Crippen molar-refractivity contribution in [1.29, 1.82) is 10.5 Å². The monoisotopic (exact) mass is 230 g/mol. The van der Waals surface area contributed by atoms with Crippen LogP contribution in [0.15, 0.2) is 18.2 Å². The van der Waals surface area contributed by atoms with Gasteiger partial charge >= 0.3 is 5.97 Å². The molecule has 1 rings (SSSR count). The molecule has 17 heavy (non-hydrogen) atoms. The first kappa shape index (κ1) is 12.3. The second-order valence-corrected chi connectivity index (χ2v) is 3.25. The summed E-state index contributed by atoms with van der Waals surface area (Å²) in [6, 6.07) is 8.09. The number of carboxylic acid groups (broad SMARTS) is 1. The summed E-state index contributed by atoms with van der Waals surface area (Å²) in [6.45, 7) is -0.116. The minimum Gasteiger partial charge on any atom is -0.478 e. The van der Waals surface area contributed by atoms with Gasteiger partial charge in [0.05, 0.1) is 23.4 Å². The number of carbonyl (C=O) groups is 1. The van der Waals surface area contributed by atoms with E-state index in [0.29, 0.717) is 11.4 Å². The van der Waals surface area contributed by atoms with Gasteiger partial charge in [-0.15, -0.1) is 0 Å². The minimum atomic E-state index is -1.15. The van der Waals surface area contributed by atoms with Crippen LogP contribution in [0.3, 0.4) is 0 Å². The van der Waals surface area contributed by atoms with Gasteiger partial charge in [-0.3, -0.25) is 0 Å². The first-order valence-electron chi connectivity index (χ1n) is 4.71. The van der Waals surface area contributed by atoms with Crippen LogP contribution >= 0.6 is 0 Å². The fourth-order valence-electron chi connectivity index (χ4n) is 1.40. The van der Waals surface area contributed by atoms with E-state index < -0.39 is 5.97 Å².